The largest absolute Gasteiger partial charge is 0.486 e. The van der Waals surface area contributed by atoms with Crippen molar-refractivity contribution in [2.45, 2.75) is 45.6 Å². The van der Waals surface area contributed by atoms with Gasteiger partial charge in [0.05, 0.1) is 24.8 Å². The molecule has 3 heterocycles. The molecule has 0 bridgehead atoms. The number of hydrogen-bond donors (Lipinski definition) is 1. The number of halogens is 2. The zero-order valence-corrected chi connectivity index (χ0v) is 19.2. The van der Waals surface area contributed by atoms with Crippen LogP contribution >= 0.6 is 0 Å². The molecule has 9 heteroatoms. The number of anilines is 1. The van der Waals surface area contributed by atoms with Crippen LogP contribution in [0.2, 0.25) is 0 Å². The molecule has 0 fully saturated rings. The highest BCUT2D eigenvalue weighted by Gasteiger charge is 2.26. The number of carbonyl (C=O) groups excluding carboxylic acids is 1. The van der Waals surface area contributed by atoms with Crippen molar-refractivity contribution in [3.05, 3.63) is 65.4 Å². The summed E-state index contributed by atoms with van der Waals surface area (Å²) >= 11 is 0. The maximum atomic E-state index is 14.9. The molecule has 2 aromatic heterocycles. The standard InChI is InChI=1S/C25H27F2N5O2/c1-3-15(2)32-8-9-34-25-19(26)10-17(11-21(25)32)24-20(27)14-30-23(31-24)12-18-6-4-16(13-29-18)5-7-22(28)33/h4,6,10-11,13-15H,3,5,7-9,12H2,1-2H3,(H2,28,33). The smallest absolute Gasteiger partial charge is 0.217 e. The van der Waals surface area contributed by atoms with Crippen LogP contribution in [0.5, 0.6) is 5.75 Å². The van der Waals surface area contributed by atoms with E-state index in [9.17, 15) is 13.6 Å². The number of pyridine rings is 1. The van der Waals surface area contributed by atoms with Gasteiger partial charge in [-0.1, -0.05) is 13.0 Å². The third-order valence-corrected chi connectivity index (χ3v) is 5.99. The normalized spacial score (nSPS) is 13.8. The summed E-state index contributed by atoms with van der Waals surface area (Å²) in [6.07, 6.45) is 4.69. The summed E-state index contributed by atoms with van der Waals surface area (Å²) in [5, 5.41) is 0. The molecule has 1 atom stereocenters. The summed E-state index contributed by atoms with van der Waals surface area (Å²) < 4.78 is 35.2. The molecule has 3 aromatic rings. The second-order valence-corrected chi connectivity index (χ2v) is 8.39. The van der Waals surface area contributed by atoms with E-state index < -0.39 is 11.6 Å². The van der Waals surface area contributed by atoms with Crippen molar-refractivity contribution in [2.24, 2.45) is 5.73 Å². The number of rotatable bonds is 8. The number of hydrogen-bond acceptors (Lipinski definition) is 6. The zero-order valence-electron chi connectivity index (χ0n) is 19.2. The third-order valence-electron chi connectivity index (χ3n) is 5.99. The van der Waals surface area contributed by atoms with E-state index in [2.05, 4.69) is 33.7 Å². The molecular formula is C25H27F2N5O2. The Morgan fingerprint density at radius 2 is 2.03 bits per heavy atom. The van der Waals surface area contributed by atoms with Gasteiger partial charge in [-0.2, -0.15) is 0 Å². The van der Waals surface area contributed by atoms with Crippen LogP contribution in [0.1, 0.15) is 43.8 Å². The van der Waals surface area contributed by atoms with Crippen molar-refractivity contribution in [3.63, 3.8) is 0 Å². The maximum Gasteiger partial charge on any atom is 0.217 e. The van der Waals surface area contributed by atoms with E-state index >= 15 is 0 Å². The highest BCUT2D eigenvalue weighted by Crippen LogP contribution is 2.39. The predicted molar refractivity (Wildman–Crippen MR) is 125 cm³/mol. The van der Waals surface area contributed by atoms with Crippen LogP contribution in [-0.2, 0) is 17.6 Å². The molecule has 1 unspecified atom stereocenters. The average Bonchev–Trinajstić information content (AvgIpc) is 2.84. The number of ether oxygens (including phenoxy) is 1. The molecule has 34 heavy (non-hydrogen) atoms. The third kappa shape index (κ3) is 5.13. The number of aromatic nitrogens is 3. The number of benzene rings is 1. The first kappa shape index (κ1) is 23.5. The van der Waals surface area contributed by atoms with Crippen molar-refractivity contribution < 1.29 is 18.3 Å². The number of primary amides is 1. The van der Waals surface area contributed by atoms with E-state index in [1.54, 1.807) is 12.3 Å². The summed E-state index contributed by atoms with van der Waals surface area (Å²) in [5.41, 5.74) is 7.71. The zero-order chi connectivity index (χ0) is 24.2. The van der Waals surface area contributed by atoms with Gasteiger partial charge in [0.25, 0.3) is 0 Å². The van der Waals surface area contributed by atoms with Crippen molar-refractivity contribution in [3.8, 4) is 17.0 Å². The van der Waals surface area contributed by atoms with Gasteiger partial charge in [0.2, 0.25) is 5.91 Å². The molecular weight excluding hydrogens is 440 g/mol. The Hall–Kier alpha value is -3.62. The Morgan fingerprint density at radius 1 is 1.21 bits per heavy atom. The number of carbonyl (C=O) groups is 1. The van der Waals surface area contributed by atoms with E-state index in [1.165, 1.54) is 6.07 Å². The van der Waals surface area contributed by atoms with Crippen molar-refractivity contribution in [1.82, 2.24) is 15.0 Å². The van der Waals surface area contributed by atoms with Gasteiger partial charge >= 0.3 is 0 Å². The number of fused-ring (bicyclic) bond motifs is 1. The lowest BCUT2D eigenvalue weighted by molar-refractivity contribution is -0.117. The highest BCUT2D eigenvalue weighted by atomic mass is 19.1. The number of nitrogens with zero attached hydrogens (tertiary/aromatic N) is 4. The van der Waals surface area contributed by atoms with Crippen LogP contribution in [0.4, 0.5) is 14.5 Å². The summed E-state index contributed by atoms with van der Waals surface area (Å²) in [6.45, 7) is 5.15. The Labute approximate surface area is 197 Å². The Balaban J connectivity index is 1.61. The summed E-state index contributed by atoms with van der Waals surface area (Å²) in [7, 11) is 0. The van der Waals surface area contributed by atoms with Crippen LogP contribution in [0.15, 0.2) is 36.7 Å². The molecule has 1 amide bonds. The molecule has 0 saturated heterocycles. The van der Waals surface area contributed by atoms with Gasteiger partial charge in [-0.25, -0.2) is 18.7 Å². The van der Waals surface area contributed by atoms with Crippen LogP contribution in [0.25, 0.3) is 11.3 Å². The predicted octanol–water partition coefficient (Wildman–Crippen LogP) is 3.82. The van der Waals surface area contributed by atoms with Gasteiger partial charge in [-0.15, -0.1) is 0 Å². The van der Waals surface area contributed by atoms with Gasteiger partial charge in [0.1, 0.15) is 18.1 Å². The van der Waals surface area contributed by atoms with Crippen LogP contribution in [0, 0.1) is 11.6 Å². The molecule has 1 aromatic carbocycles. The van der Waals surface area contributed by atoms with E-state index in [0.29, 0.717) is 42.3 Å². The summed E-state index contributed by atoms with van der Waals surface area (Å²) in [4.78, 5) is 25.9. The average molecular weight is 468 g/mol. The van der Waals surface area contributed by atoms with Crippen LogP contribution in [0.3, 0.4) is 0 Å². The van der Waals surface area contributed by atoms with Crippen molar-refractivity contribution in [1.29, 1.82) is 0 Å². The van der Waals surface area contributed by atoms with Gasteiger partial charge in [0.15, 0.2) is 17.4 Å². The monoisotopic (exact) mass is 467 g/mol. The fourth-order valence-electron chi connectivity index (χ4n) is 3.94. The Kier molecular flexibility index (Phi) is 7.00. The molecule has 1 aliphatic rings. The SMILES string of the molecule is CCC(C)N1CCOc2c(F)cc(-c3nc(Cc4ccc(CCC(N)=O)cn4)ncc3F)cc21. The van der Waals surface area contributed by atoms with E-state index in [0.717, 1.165) is 18.2 Å². The van der Waals surface area contributed by atoms with E-state index in [1.807, 2.05) is 12.1 Å². The summed E-state index contributed by atoms with van der Waals surface area (Å²) in [5.74, 6) is -1.00. The fraction of sp³-hybridized carbons (Fsp3) is 0.360. The second-order valence-electron chi connectivity index (χ2n) is 8.39. The first-order valence-corrected chi connectivity index (χ1v) is 11.3. The van der Waals surface area contributed by atoms with Gasteiger partial charge in [-0.3, -0.25) is 9.78 Å². The van der Waals surface area contributed by atoms with Gasteiger partial charge in [0, 0.05) is 29.9 Å². The quantitative estimate of drug-likeness (QED) is 0.541. The molecule has 4 rings (SSSR count). The van der Waals surface area contributed by atoms with E-state index in [4.69, 9.17) is 10.5 Å². The Bertz CT molecular complexity index is 1190. The minimum atomic E-state index is -0.635. The molecule has 0 aliphatic carbocycles. The fourth-order valence-corrected chi connectivity index (χ4v) is 3.94. The lowest BCUT2D eigenvalue weighted by Crippen LogP contribution is -2.39. The molecule has 7 nitrogen and oxygen atoms in total. The number of amides is 1. The lowest BCUT2D eigenvalue weighted by Gasteiger charge is -2.36. The molecule has 178 valence electrons. The molecule has 2 N–H and O–H groups in total. The first-order valence-electron chi connectivity index (χ1n) is 11.3. The minimum absolute atomic E-state index is 0.0273. The first-order chi connectivity index (χ1) is 16.4. The maximum absolute atomic E-state index is 14.9. The van der Waals surface area contributed by atoms with Crippen molar-refractivity contribution in [2.75, 3.05) is 18.1 Å². The topological polar surface area (TPSA) is 94.2 Å². The minimum Gasteiger partial charge on any atom is -0.486 e. The lowest BCUT2D eigenvalue weighted by atomic mass is 10.1. The van der Waals surface area contributed by atoms with E-state index in [-0.39, 0.29) is 36.2 Å². The molecule has 0 saturated carbocycles. The highest BCUT2D eigenvalue weighted by molar-refractivity contribution is 5.74. The van der Waals surface area contributed by atoms with Gasteiger partial charge < -0.3 is 15.4 Å². The van der Waals surface area contributed by atoms with Crippen LogP contribution < -0.4 is 15.4 Å². The molecule has 0 spiro atoms. The van der Waals surface area contributed by atoms with Gasteiger partial charge in [-0.05, 0) is 43.5 Å². The molecule has 0 radical (unpaired) electrons. The second kappa shape index (κ2) is 10.1. The van der Waals surface area contributed by atoms with Crippen LogP contribution in [-0.4, -0.2) is 40.1 Å². The number of nitrogens with two attached hydrogens (primary N) is 1. The summed E-state index contributed by atoms with van der Waals surface area (Å²) in [6, 6.07) is 6.82. The van der Waals surface area contributed by atoms with Crippen molar-refractivity contribution >= 4 is 11.6 Å². The Morgan fingerprint density at radius 3 is 2.74 bits per heavy atom. The number of aryl methyl sites for hydroxylation is 1. The molecule has 1 aliphatic heterocycles.